The molecule has 1 unspecified atom stereocenters. The van der Waals surface area contributed by atoms with E-state index in [2.05, 4.69) is 11.9 Å². The van der Waals surface area contributed by atoms with Crippen molar-refractivity contribution in [1.82, 2.24) is 9.55 Å². The second kappa shape index (κ2) is 6.50. The third-order valence-electron chi connectivity index (χ3n) is 3.06. The van der Waals surface area contributed by atoms with E-state index in [1.807, 2.05) is 35.0 Å². The fraction of sp³-hybridized carbons (Fsp3) is 0.400. The third kappa shape index (κ3) is 3.22. The first-order chi connectivity index (χ1) is 9.26. The van der Waals surface area contributed by atoms with Gasteiger partial charge in [0.15, 0.2) is 0 Å². The first-order valence-electron chi connectivity index (χ1n) is 6.53. The molecule has 0 aliphatic heterocycles. The average Bonchev–Trinajstić information content (AvgIpc) is 2.88. The number of benzene rings is 1. The van der Waals surface area contributed by atoms with Crippen molar-refractivity contribution in [2.45, 2.75) is 32.6 Å². The zero-order chi connectivity index (χ0) is 13.7. The molecule has 0 aliphatic rings. The van der Waals surface area contributed by atoms with Crippen LogP contribution in [0.5, 0.6) is 0 Å². The Balaban J connectivity index is 2.18. The summed E-state index contributed by atoms with van der Waals surface area (Å²) in [4.78, 5) is 4.26. The van der Waals surface area contributed by atoms with Gasteiger partial charge in [-0.05, 0) is 17.5 Å². The summed E-state index contributed by atoms with van der Waals surface area (Å²) in [6.07, 6.45) is 3.97. The second-order valence-electron chi connectivity index (χ2n) is 4.56. The Morgan fingerprint density at radius 3 is 2.68 bits per heavy atom. The number of methoxy groups -OCH3 is 1. The molecular formula is C15H20N2O2. The first kappa shape index (κ1) is 13.8. The molecule has 1 N–H and O–H groups in total. The highest BCUT2D eigenvalue weighted by Gasteiger charge is 2.15. The number of hydrogen-bond donors (Lipinski definition) is 1. The number of aromatic nitrogens is 2. The van der Waals surface area contributed by atoms with Crippen molar-refractivity contribution in [3.8, 4) is 0 Å². The topological polar surface area (TPSA) is 47.3 Å². The number of imidazole rings is 1. The Morgan fingerprint density at radius 1 is 1.32 bits per heavy atom. The zero-order valence-corrected chi connectivity index (χ0v) is 11.4. The second-order valence-corrected chi connectivity index (χ2v) is 4.56. The lowest BCUT2D eigenvalue weighted by molar-refractivity contribution is 0.184. The van der Waals surface area contributed by atoms with Gasteiger partial charge >= 0.3 is 0 Å². The number of aryl methyl sites for hydroxylation is 1. The molecule has 0 saturated heterocycles. The summed E-state index contributed by atoms with van der Waals surface area (Å²) >= 11 is 0. The van der Waals surface area contributed by atoms with Crippen LogP contribution >= 0.6 is 0 Å². The van der Waals surface area contributed by atoms with Crippen LogP contribution in [0.2, 0.25) is 0 Å². The van der Waals surface area contributed by atoms with E-state index in [0.717, 1.165) is 24.1 Å². The summed E-state index contributed by atoms with van der Waals surface area (Å²) in [5.74, 6) is 0.696. The van der Waals surface area contributed by atoms with Crippen LogP contribution in [0.15, 0.2) is 36.7 Å². The zero-order valence-electron chi connectivity index (χ0n) is 11.4. The van der Waals surface area contributed by atoms with Crippen LogP contribution in [0.25, 0.3) is 0 Å². The van der Waals surface area contributed by atoms with E-state index in [-0.39, 0.29) is 0 Å². The fourth-order valence-electron chi connectivity index (χ4n) is 2.11. The number of nitrogens with zero attached hydrogens (tertiary/aromatic N) is 2. The Hall–Kier alpha value is -1.65. The molecule has 0 spiro atoms. The molecule has 1 aromatic heterocycles. The van der Waals surface area contributed by atoms with Crippen LogP contribution in [-0.2, 0) is 17.9 Å². The molecule has 0 amide bonds. The minimum absolute atomic E-state index is 0.584. The Kier molecular flexibility index (Phi) is 4.71. The van der Waals surface area contributed by atoms with Crippen molar-refractivity contribution in [3.63, 3.8) is 0 Å². The molecule has 0 fully saturated rings. The summed E-state index contributed by atoms with van der Waals surface area (Å²) in [6, 6.07) is 7.78. The molecule has 1 atom stereocenters. The van der Waals surface area contributed by atoms with Crippen molar-refractivity contribution in [2.75, 3.05) is 7.11 Å². The monoisotopic (exact) mass is 260 g/mol. The molecule has 0 radical (unpaired) electrons. The molecule has 4 heteroatoms. The molecule has 1 heterocycles. The van der Waals surface area contributed by atoms with Gasteiger partial charge in [-0.1, -0.05) is 31.2 Å². The first-order valence-corrected chi connectivity index (χ1v) is 6.53. The van der Waals surface area contributed by atoms with Gasteiger partial charge in [0.1, 0.15) is 11.9 Å². The lowest BCUT2D eigenvalue weighted by Crippen LogP contribution is -2.09. The van der Waals surface area contributed by atoms with E-state index < -0.39 is 6.10 Å². The number of hydrogen-bond acceptors (Lipinski definition) is 3. The average molecular weight is 260 g/mol. The largest absolute Gasteiger partial charge is 0.380 e. The predicted molar refractivity (Wildman–Crippen MR) is 73.7 cm³/mol. The van der Waals surface area contributed by atoms with Gasteiger partial charge in [0.2, 0.25) is 0 Å². The van der Waals surface area contributed by atoms with Gasteiger partial charge in [-0.25, -0.2) is 4.98 Å². The van der Waals surface area contributed by atoms with Gasteiger partial charge in [0, 0.05) is 26.0 Å². The van der Waals surface area contributed by atoms with Gasteiger partial charge < -0.3 is 14.4 Å². The van der Waals surface area contributed by atoms with Crippen LogP contribution in [0.4, 0.5) is 0 Å². The van der Waals surface area contributed by atoms with Crippen LogP contribution in [-0.4, -0.2) is 21.8 Å². The number of rotatable bonds is 6. The molecule has 2 aromatic rings. The number of ether oxygens (including phenoxy) is 1. The number of aliphatic hydroxyl groups excluding tert-OH is 1. The van der Waals surface area contributed by atoms with Crippen molar-refractivity contribution < 1.29 is 9.84 Å². The summed E-state index contributed by atoms with van der Waals surface area (Å²) in [5.41, 5.74) is 1.94. The van der Waals surface area contributed by atoms with E-state index in [4.69, 9.17) is 4.74 Å². The highest BCUT2D eigenvalue weighted by molar-refractivity contribution is 5.27. The van der Waals surface area contributed by atoms with Gasteiger partial charge in [-0.2, -0.15) is 0 Å². The minimum Gasteiger partial charge on any atom is -0.380 e. The molecule has 2 rings (SSSR count). The van der Waals surface area contributed by atoms with E-state index in [0.29, 0.717) is 12.4 Å². The van der Waals surface area contributed by atoms with Crippen molar-refractivity contribution in [2.24, 2.45) is 0 Å². The molecule has 0 bridgehead atoms. The van der Waals surface area contributed by atoms with Crippen LogP contribution < -0.4 is 0 Å². The molecular weight excluding hydrogens is 240 g/mol. The Morgan fingerprint density at radius 2 is 2.05 bits per heavy atom. The maximum absolute atomic E-state index is 10.4. The quantitative estimate of drug-likeness (QED) is 0.868. The summed E-state index contributed by atoms with van der Waals surface area (Å²) in [5, 5.41) is 10.4. The van der Waals surface area contributed by atoms with Gasteiger partial charge in [0.25, 0.3) is 0 Å². The van der Waals surface area contributed by atoms with Crippen LogP contribution in [0.1, 0.15) is 36.4 Å². The van der Waals surface area contributed by atoms with Gasteiger partial charge in [-0.15, -0.1) is 0 Å². The third-order valence-corrected chi connectivity index (χ3v) is 3.06. The molecule has 1 aromatic carbocycles. The summed E-state index contributed by atoms with van der Waals surface area (Å²) in [6.45, 7) is 3.56. The molecule has 19 heavy (non-hydrogen) atoms. The van der Waals surface area contributed by atoms with E-state index in [1.165, 1.54) is 0 Å². The lowest BCUT2D eigenvalue weighted by atomic mass is 10.1. The SMILES string of the molecule is CCCn1ccnc1C(O)c1ccc(COC)cc1. The van der Waals surface area contributed by atoms with Crippen LogP contribution in [0, 0.1) is 0 Å². The maximum atomic E-state index is 10.4. The molecule has 102 valence electrons. The Bertz CT molecular complexity index is 505. The molecule has 4 nitrogen and oxygen atoms in total. The van der Waals surface area contributed by atoms with Crippen molar-refractivity contribution in [1.29, 1.82) is 0 Å². The van der Waals surface area contributed by atoms with E-state index in [9.17, 15) is 5.11 Å². The summed E-state index contributed by atoms with van der Waals surface area (Å²) < 4.78 is 7.07. The van der Waals surface area contributed by atoms with E-state index in [1.54, 1.807) is 13.3 Å². The molecule has 0 aliphatic carbocycles. The summed E-state index contributed by atoms with van der Waals surface area (Å²) in [7, 11) is 1.67. The predicted octanol–water partition coefficient (Wildman–Crippen LogP) is 2.52. The lowest BCUT2D eigenvalue weighted by Gasteiger charge is -2.13. The normalized spacial score (nSPS) is 12.6. The fourth-order valence-corrected chi connectivity index (χ4v) is 2.11. The van der Waals surface area contributed by atoms with Gasteiger partial charge in [0.05, 0.1) is 6.61 Å². The van der Waals surface area contributed by atoms with Gasteiger partial charge in [-0.3, -0.25) is 0 Å². The Labute approximate surface area is 113 Å². The standard InChI is InChI=1S/C15H20N2O2/c1-3-9-17-10-8-16-15(17)14(18)13-6-4-12(5-7-13)11-19-2/h4-8,10,14,18H,3,9,11H2,1-2H3. The van der Waals surface area contributed by atoms with Crippen molar-refractivity contribution in [3.05, 3.63) is 53.6 Å². The smallest absolute Gasteiger partial charge is 0.142 e. The van der Waals surface area contributed by atoms with E-state index >= 15 is 0 Å². The highest BCUT2D eigenvalue weighted by atomic mass is 16.5. The number of aliphatic hydroxyl groups is 1. The van der Waals surface area contributed by atoms with Crippen LogP contribution in [0.3, 0.4) is 0 Å². The van der Waals surface area contributed by atoms with Crippen molar-refractivity contribution >= 4 is 0 Å². The maximum Gasteiger partial charge on any atom is 0.142 e. The minimum atomic E-state index is -0.682. The highest BCUT2D eigenvalue weighted by Crippen LogP contribution is 2.21. The molecule has 0 saturated carbocycles.